The minimum atomic E-state index is -0.932. The first-order valence-corrected chi connectivity index (χ1v) is 4.78. The summed E-state index contributed by atoms with van der Waals surface area (Å²) in [5, 5.41) is 8.92. The van der Waals surface area contributed by atoms with Crippen LogP contribution in [0, 0.1) is 6.92 Å². The molecule has 2 aromatic rings. The molecule has 4 nitrogen and oxygen atoms in total. The first-order valence-electron chi connectivity index (χ1n) is 4.78. The molecule has 1 aromatic carbocycles. The van der Waals surface area contributed by atoms with Crippen LogP contribution >= 0.6 is 0 Å². The van der Waals surface area contributed by atoms with Crippen molar-refractivity contribution in [3.8, 4) is 11.1 Å². The van der Waals surface area contributed by atoms with Crippen LogP contribution in [-0.2, 0) is 0 Å². The Labute approximate surface area is 92.6 Å². The van der Waals surface area contributed by atoms with Crippen LogP contribution < -0.4 is 0 Å². The number of carboxylic acids is 1. The molecule has 0 bridgehead atoms. The molecular formula is C12H10N2O2. The highest BCUT2D eigenvalue weighted by Crippen LogP contribution is 2.23. The van der Waals surface area contributed by atoms with Gasteiger partial charge in [-0.1, -0.05) is 6.07 Å². The van der Waals surface area contributed by atoms with Gasteiger partial charge in [-0.2, -0.15) is 0 Å². The number of hydrogen-bond donors (Lipinski definition) is 1. The second kappa shape index (κ2) is 4.10. The molecule has 1 aromatic heterocycles. The third kappa shape index (κ3) is 1.91. The van der Waals surface area contributed by atoms with Gasteiger partial charge in [0.2, 0.25) is 0 Å². The lowest BCUT2D eigenvalue weighted by atomic mass is 10.0. The molecule has 0 unspecified atom stereocenters. The minimum Gasteiger partial charge on any atom is -0.478 e. The molecular weight excluding hydrogens is 204 g/mol. The van der Waals surface area contributed by atoms with Gasteiger partial charge in [0.05, 0.1) is 5.56 Å². The van der Waals surface area contributed by atoms with Crippen LogP contribution in [0.15, 0.2) is 36.9 Å². The van der Waals surface area contributed by atoms with E-state index in [1.807, 2.05) is 6.92 Å². The molecule has 0 aliphatic carbocycles. The summed E-state index contributed by atoms with van der Waals surface area (Å²) >= 11 is 0. The molecule has 2 rings (SSSR count). The largest absolute Gasteiger partial charge is 0.478 e. The molecule has 0 aliphatic rings. The van der Waals surface area contributed by atoms with E-state index in [0.717, 1.165) is 16.7 Å². The van der Waals surface area contributed by atoms with E-state index in [4.69, 9.17) is 5.11 Å². The number of benzene rings is 1. The van der Waals surface area contributed by atoms with E-state index in [1.165, 1.54) is 6.33 Å². The van der Waals surface area contributed by atoms with Crippen LogP contribution in [0.5, 0.6) is 0 Å². The molecule has 0 radical (unpaired) electrons. The van der Waals surface area contributed by atoms with E-state index in [1.54, 1.807) is 30.6 Å². The van der Waals surface area contributed by atoms with E-state index >= 15 is 0 Å². The standard InChI is InChI=1S/C12H10N2O2/c1-8-2-3-9(12(15)16)4-11(8)10-5-13-7-14-6-10/h2-7H,1H3,(H,15,16). The molecule has 4 heteroatoms. The number of carbonyl (C=O) groups is 1. The average Bonchev–Trinajstić information content (AvgIpc) is 2.30. The zero-order chi connectivity index (χ0) is 11.5. The van der Waals surface area contributed by atoms with Gasteiger partial charge in [0.15, 0.2) is 0 Å². The average molecular weight is 214 g/mol. The van der Waals surface area contributed by atoms with Gasteiger partial charge in [0.1, 0.15) is 6.33 Å². The van der Waals surface area contributed by atoms with E-state index in [9.17, 15) is 4.79 Å². The smallest absolute Gasteiger partial charge is 0.335 e. The Bertz CT molecular complexity index is 524. The van der Waals surface area contributed by atoms with Crippen molar-refractivity contribution in [1.29, 1.82) is 0 Å². The fraction of sp³-hybridized carbons (Fsp3) is 0.0833. The van der Waals surface area contributed by atoms with Crippen LogP contribution in [0.1, 0.15) is 15.9 Å². The molecule has 16 heavy (non-hydrogen) atoms. The van der Waals surface area contributed by atoms with Crippen molar-refractivity contribution in [3.63, 3.8) is 0 Å². The van der Waals surface area contributed by atoms with Crippen molar-refractivity contribution in [2.75, 3.05) is 0 Å². The maximum absolute atomic E-state index is 10.9. The topological polar surface area (TPSA) is 63.1 Å². The fourth-order valence-corrected chi connectivity index (χ4v) is 1.50. The van der Waals surface area contributed by atoms with Crippen molar-refractivity contribution in [3.05, 3.63) is 48.0 Å². The third-order valence-corrected chi connectivity index (χ3v) is 2.36. The monoisotopic (exact) mass is 214 g/mol. The van der Waals surface area contributed by atoms with Crippen LogP contribution in [-0.4, -0.2) is 21.0 Å². The summed E-state index contributed by atoms with van der Waals surface area (Å²) in [5.41, 5.74) is 2.94. The molecule has 0 atom stereocenters. The summed E-state index contributed by atoms with van der Waals surface area (Å²) in [4.78, 5) is 18.7. The summed E-state index contributed by atoms with van der Waals surface area (Å²) < 4.78 is 0. The number of rotatable bonds is 2. The molecule has 0 aliphatic heterocycles. The summed E-state index contributed by atoms with van der Waals surface area (Å²) in [6, 6.07) is 5.01. The van der Waals surface area contributed by atoms with Crippen LogP contribution in [0.3, 0.4) is 0 Å². The van der Waals surface area contributed by atoms with Crippen molar-refractivity contribution in [1.82, 2.24) is 9.97 Å². The molecule has 0 saturated heterocycles. The Hall–Kier alpha value is -2.23. The summed E-state index contributed by atoms with van der Waals surface area (Å²) in [6.07, 6.45) is 4.78. The van der Waals surface area contributed by atoms with Gasteiger partial charge in [-0.25, -0.2) is 14.8 Å². The van der Waals surface area contributed by atoms with Gasteiger partial charge in [-0.15, -0.1) is 0 Å². The Morgan fingerprint density at radius 2 is 1.94 bits per heavy atom. The Morgan fingerprint density at radius 3 is 2.56 bits per heavy atom. The van der Waals surface area contributed by atoms with E-state index in [0.29, 0.717) is 0 Å². The normalized spacial score (nSPS) is 10.1. The van der Waals surface area contributed by atoms with E-state index in [-0.39, 0.29) is 5.56 Å². The fourth-order valence-electron chi connectivity index (χ4n) is 1.50. The Balaban J connectivity index is 2.56. The Morgan fingerprint density at radius 1 is 1.25 bits per heavy atom. The molecule has 0 saturated carbocycles. The molecule has 0 spiro atoms. The van der Waals surface area contributed by atoms with Crippen LogP contribution in [0.25, 0.3) is 11.1 Å². The predicted octanol–water partition coefficient (Wildman–Crippen LogP) is 2.15. The zero-order valence-corrected chi connectivity index (χ0v) is 8.71. The molecule has 80 valence electrons. The van der Waals surface area contributed by atoms with Gasteiger partial charge in [0, 0.05) is 18.0 Å². The highest BCUT2D eigenvalue weighted by molar-refractivity contribution is 5.89. The third-order valence-electron chi connectivity index (χ3n) is 2.36. The highest BCUT2D eigenvalue weighted by Gasteiger charge is 2.07. The highest BCUT2D eigenvalue weighted by atomic mass is 16.4. The number of hydrogen-bond acceptors (Lipinski definition) is 3. The second-order valence-electron chi connectivity index (χ2n) is 3.46. The number of nitrogens with zero attached hydrogens (tertiary/aromatic N) is 2. The maximum Gasteiger partial charge on any atom is 0.335 e. The number of carboxylic acid groups (broad SMARTS) is 1. The van der Waals surface area contributed by atoms with Crippen molar-refractivity contribution in [2.45, 2.75) is 6.92 Å². The molecule has 0 amide bonds. The number of aromatic nitrogens is 2. The zero-order valence-electron chi connectivity index (χ0n) is 8.71. The van der Waals surface area contributed by atoms with E-state index in [2.05, 4.69) is 9.97 Å². The summed E-state index contributed by atoms with van der Waals surface area (Å²) in [7, 11) is 0. The SMILES string of the molecule is Cc1ccc(C(=O)O)cc1-c1cncnc1. The maximum atomic E-state index is 10.9. The first-order chi connectivity index (χ1) is 7.68. The van der Waals surface area contributed by atoms with Gasteiger partial charge >= 0.3 is 5.97 Å². The van der Waals surface area contributed by atoms with Gasteiger partial charge in [-0.3, -0.25) is 0 Å². The lowest BCUT2D eigenvalue weighted by Gasteiger charge is -2.06. The summed E-state index contributed by atoms with van der Waals surface area (Å²) in [5.74, 6) is -0.932. The van der Waals surface area contributed by atoms with Gasteiger partial charge in [0.25, 0.3) is 0 Å². The van der Waals surface area contributed by atoms with Gasteiger partial charge in [-0.05, 0) is 30.2 Å². The van der Waals surface area contributed by atoms with Crippen molar-refractivity contribution in [2.24, 2.45) is 0 Å². The lowest BCUT2D eigenvalue weighted by Crippen LogP contribution is -1.97. The lowest BCUT2D eigenvalue weighted by molar-refractivity contribution is 0.0697. The van der Waals surface area contributed by atoms with Crippen LogP contribution in [0.4, 0.5) is 0 Å². The Kier molecular flexibility index (Phi) is 2.64. The second-order valence-corrected chi connectivity index (χ2v) is 3.46. The van der Waals surface area contributed by atoms with Crippen LogP contribution in [0.2, 0.25) is 0 Å². The van der Waals surface area contributed by atoms with Gasteiger partial charge < -0.3 is 5.11 Å². The van der Waals surface area contributed by atoms with Crippen molar-refractivity contribution >= 4 is 5.97 Å². The molecule has 1 heterocycles. The number of aryl methyl sites for hydroxylation is 1. The quantitative estimate of drug-likeness (QED) is 0.831. The molecule has 0 fully saturated rings. The predicted molar refractivity (Wildman–Crippen MR) is 59.2 cm³/mol. The number of aromatic carboxylic acids is 1. The molecule has 1 N–H and O–H groups in total. The first kappa shape index (κ1) is 10.3. The van der Waals surface area contributed by atoms with Crippen molar-refractivity contribution < 1.29 is 9.90 Å². The minimum absolute atomic E-state index is 0.268. The summed E-state index contributed by atoms with van der Waals surface area (Å²) in [6.45, 7) is 1.92. The van der Waals surface area contributed by atoms with E-state index < -0.39 is 5.97 Å².